The number of hydrogen-bond acceptors (Lipinski definition) is 3. The molecule has 1 amide bonds. The third-order valence-electron chi connectivity index (χ3n) is 1.97. The Balaban J connectivity index is 2.63. The molecule has 1 saturated heterocycles. The normalized spacial score (nSPS) is 34.6. The highest BCUT2D eigenvalue weighted by atomic mass is 16.4. The second-order valence-electron chi connectivity index (χ2n) is 3.11. The van der Waals surface area contributed by atoms with Crippen LogP contribution in [0.5, 0.6) is 0 Å². The SMILES string of the molecule is CN1CC[N+](C)(C(=O)[O-])C1. The molecule has 0 aromatic rings. The Labute approximate surface area is 60.2 Å². The van der Waals surface area contributed by atoms with E-state index in [9.17, 15) is 9.90 Å². The fraction of sp³-hybridized carbons (Fsp3) is 0.833. The second kappa shape index (κ2) is 2.21. The zero-order valence-electron chi connectivity index (χ0n) is 6.33. The highest BCUT2D eigenvalue weighted by Gasteiger charge is 2.32. The molecule has 0 bridgehead atoms. The maximum absolute atomic E-state index is 10.5. The molecule has 0 aromatic heterocycles. The van der Waals surface area contributed by atoms with E-state index < -0.39 is 6.09 Å². The summed E-state index contributed by atoms with van der Waals surface area (Å²) in [5.74, 6) is 0. The minimum atomic E-state index is -0.982. The van der Waals surface area contributed by atoms with Crippen LogP contribution in [0.4, 0.5) is 4.79 Å². The van der Waals surface area contributed by atoms with E-state index in [1.54, 1.807) is 7.05 Å². The summed E-state index contributed by atoms with van der Waals surface area (Å²) in [6.45, 7) is 2.05. The Morgan fingerprint density at radius 1 is 1.70 bits per heavy atom. The zero-order chi connectivity index (χ0) is 7.78. The molecule has 4 nitrogen and oxygen atoms in total. The monoisotopic (exact) mass is 144 g/mol. The van der Waals surface area contributed by atoms with E-state index in [-0.39, 0.29) is 4.48 Å². The van der Waals surface area contributed by atoms with Crippen LogP contribution in [-0.4, -0.2) is 49.3 Å². The van der Waals surface area contributed by atoms with Crippen molar-refractivity contribution in [3.63, 3.8) is 0 Å². The molecule has 1 aliphatic heterocycles. The maximum Gasteiger partial charge on any atom is 0.258 e. The molecule has 58 valence electrons. The lowest BCUT2D eigenvalue weighted by molar-refractivity contribution is -0.849. The molecule has 1 heterocycles. The summed E-state index contributed by atoms with van der Waals surface area (Å²) in [7, 11) is 3.59. The molecule has 1 fully saturated rings. The van der Waals surface area contributed by atoms with Crippen molar-refractivity contribution in [2.24, 2.45) is 0 Å². The van der Waals surface area contributed by atoms with E-state index in [4.69, 9.17) is 0 Å². The Morgan fingerprint density at radius 3 is 2.50 bits per heavy atom. The number of hydrogen-bond donors (Lipinski definition) is 0. The molecule has 0 N–H and O–H groups in total. The van der Waals surface area contributed by atoms with Gasteiger partial charge in [0, 0.05) is 0 Å². The number of nitrogens with zero attached hydrogens (tertiary/aromatic N) is 2. The molecule has 10 heavy (non-hydrogen) atoms. The Bertz CT molecular complexity index is 160. The molecular weight excluding hydrogens is 132 g/mol. The summed E-state index contributed by atoms with van der Waals surface area (Å²) < 4.78 is 0.0243. The van der Waals surface area contributed by atoms with Crippen LogP contribution in [0.2, 0.25) is 0 Å². The van der Waals surface area contributed by atoms with E-state index in [0.29, 0.717) is 13.2 Å². The first-order chi connectivity index (χ1) is 4.54. The minimum Gasteiger partial charge on any atom is -0.498 e. The highest BCUT2D eigenvalue weighted by molar-refractivity contribution is 5.53. The van der Waals surface area contributed by atoms with Gasteiger partial charge in [0.2, 0.25) is 0 Å². The molecule has 1 unspecified atom stereocenters. The summed E-state index contributed by atoms with van der Waals surface area (Å²) in [5, 5.41) is 10.5. The van der Waals surface area contributed by atoms with Crippen LogP contribution in [0, 0.1) is 0 Å². The van der Waals surface area contributed by atoms with Gasteiger partial charge in [0.25, 0.3) is 6.09 Å². The van der Waals surface area contributed by atoms with Crippen LogP contribution in [0.1, 0.15) is 0 Å². The lowest BCUT2D eigenvalue weighted by Crippen LogP contribution is -2.54. The van der Waals surface area contributed by atoms with Crippen molar-refractivity contribution in [3.05, 3.63) is 0 Å². The van der Waals surface area contributed by atoms with Gasteiger partial charge in [0.05, 0.1) is 20.1 Å². The molecule has 1 aliphatic rings. The third kappa shape index (κ3) is 1.12. The Kier molecular flexibility index (Phi) is 1.66. The number of carbonyl (C=O) groups is 1. The van der Waals surface area contributed by atoms with Crippen LogP contribution in [0.3, 0.4) is 0 Å². The average molecular weight is 144 g/mol. The quantitative estimate of drug-likeness (QED) is 0.396. The second-order valence-corrected chi connectivity index (χ2v) is 3.11. The molecular formula is C6H12N2O2. The smallest absolute Gasteiger partial charge is 0.258 e. The van der Waals surface area contributed by atoms with Gasteiger partial charge >= 0.3 is 0 Å². The first-order valence-electron chi connectivity index (χ1n) is 3.29. The van der Waals surface area contributed by atoms with E-state index in [1.807, 2.05) is 11.9 Å². The topological polar surface area (TPSA) is 43.4 Å². The molecule has 0 aromatic carbocycles. The summed E-state index contributed by atoms with van der Waals surface area (Å²) in [6, 6.07) is 0. The van der Waals surface area contributed by atoms with Gasteiger partial charge in [-0.05, 0) is 7.05 Å². The third-order valence-corrected chi connectivity index (χ3v) is 1.97. The number of carbonyl (C=O) groups excluding carboxylic acids is 1. The van der Waals surface area contributed by atoms with E-state index in [0.717, 1.165) is 6.54 Å². The average Bonchev–Trinajstić information content (AvgIpc) is 2.13. The van der Waals surface area contributed by atoms with Crippen LogP contribution in [-0.2, 0) is 0 Å². The van der Waals surface area contributed by atoms with Gasteiger partial charge in [0.15, 0.2) is 0 Å². The highest BCUT2D eigenvalue weighted by Crippen LogP contribution is 2.09. The van der Waals surface area contributed by atoms with Gasteiger partial charge < -0.3 is 9.90 Å². The van der Waals surface area contributed by atoms with Crippen molar-refractivity contribution in [3.8, 4) is 0 Å². The Hall–Kier alpha value is -0.610. The number of rotatable bonds is 0. The molecule has 1 atom stereocenters. The molecule has 0 aliphatic carbocycles. The van der Waals surface area contributed by atoms with Gasteiger partial charge in [-0.2, -0.15) is 0 Å². The standard InChI is InChI=1S/C6H12N2O2/c1-7-3-4-8(2,5-7)6(9)10/h3-5H2,1-2H3. The van der Waals surface area contributed by atoms with Crippen molar-refractivity contribution in [2.45, 2.75) is 0 Å². The van der Waals surface area contributed by atoms with Crippen molar-refractivity contribution in [1.29, 1.82) is 0 Å². The number of likely N-dealkylation sites (N-methyl/N-ethyl adjacent to an activating group) is 2. The van der Waals surface area contributed by atoms with E-state index in [2.05, 4.69) is 0 Å². The van der Waals surface area contributed by atoms with Crippen molar-refractivity contribution >= 4 is 6.09 Å². The van der Waals surface area contributed by atoms with Gasteiger partial charge in [-0.1, -0.05) is 0 Å². The maximum atomic E-state index is 10.5. The van der Waals surface area contributed by atoms with E-state index in [1.165, 1.54) is 0 Å². The van der Waals surface area contributed by atoms with E-state index >= 15 is 0 Å². The van der Waals surface area contributed by atoms with Crippen molar-refractivity contribution in [1.82, 2.24) is 4.90 Å². The van der Waals surface area contributed by atoms with Gasteiger partial charge in [-0.15, -0.1) is 0 Å². The predicted molar refractivity (Wildman–Crippen MR) is 33.9 cm³/mol. The van der Waals surface area contributed by atoms with Gasteiger partial charge in [-0.25, -0.2) is 0 Å². The van der Waals surface area contributed by atoms with Crippen LogP contribution >= 0.6 is 0 Å². The molecule has 4 heteroatoms. The lowest BCUT2D eigenvalue weighted by Gasteiger charge is -2.27. The first-order valence-corrected chi connectivity index (χ1v) is 3.29. The summed E-state index contributed by atoms with van der Waals surface area (Å²) in [5.41, 5.74) is 0. The Morgan fingerprint density at radius 2 is 2.30 bits per heavy atom. The molecule has 0 spiro atoms. The molecule has 1 rings (SSSR count). The van der Waals surface area contributed by atoms with Crippen LogP contribution in [0.15, 0.2) is 0 Å². The number of carboxylic acid groups (broad SMARTS) is 1. The fourth-order valence-electron chi connectivity index (χ4n) is 1.21. The number of amides is 1. The predicted octanol–water partition coefficient (Wildman–Crippen LogP) is -1.32. The first kappa shape index (κ1) is 7.50. The summed E-state index contributed by atoms with van der Waals surface area (Å²) in [4.78, 5) is 12.5. The zero-order valence-corrected chi connectivity index (χ0v) is 6.33. The van der Waals surface area contributed by atoms with Crippen LogP contribution < -0.4 is 5.11 Å². The van der Waals surface area contributed by atoms with Crippen molar-refractivity contribution < 1.29 is 14.4 Å². The van der Waals surface area contributed by atoms with Gasteiger partial charge in [0.1, 0.15) is 6.67 Å². The summed E-state index contributed by atoms with van der Waals surface area (Å²) in [6.07, 6.45) is -0.982. The fourth-order valence-corrected chi connectivity index (χ4v) is 1.21. The van der Waals surface area contributed by atoms with Crippen LogP contribution in [0.25, 0.3) is 0 Å². The largest absolute Gasteiger partial charge is 0.498 e. The lowest BCUT2D eigenvalue weighted by atomic mass is 10.5. The number of quaternary nitrogens is 1. The van der Waals surface area contributed by atoms with Crippen molar-refractivity contribution in [2.75, 3.05) is 33.9 Å². The summed E-state index contributed by atoms with van der Waals surface area (Å²) >= 11 is 0. The molecule has 0 saturated carbocycles. The molecule has 0 radical (unpaired) electrons. The minimum absolute atomic E-state index is 0.0243. The van der Waals surface area contributed by atoms with Gasteiger partial charge in [-0.3, -0.25) is 9.38 Å².